The topological polar surface area (TPSA) is 56.8 Å². The van der Waals surface area contributed by atoms with Crippen LogP contribution in [0.5, 0.6) is 17.2 Å². The van der Waals surface area contributed by atoms with Gasteiger partial charge in [-0.25, -0.2) is 0 Å². The van der Waals surface area contributed by atoms with E-state index in [9.17, 15) is 4.79 Å². The molecule has 26 heavy (non-hydrogen) atoms. The molecule has 0 saturated carbocycles. The summed E-state index contributed by atoms with van der Waals surface area (Å²) in [5.41, 5.74) is 0.698. The summed E-state index contributed by atoms with van der Waals surface area (Å²) in [7, 11) is 0. The summed E-state index contributed by atoms with van der Waals surface area (Å²) in [6, 6.07) is 14.6. The summed E-state index contributed by atoms with van der Waals surface area (Å²) in [4.78, 5) is 12.0. The first kappa shape index (κ1) is 19.6. The third kappa shape index (κ3) is 7.05. The van der Waals surface area contributed by atoms with E-state index in [1.165, 1.54) is 0 Å². The van der Waals surface area contributed by atoms with Crippen LogP contribution in [0.4, 0.5) is 5.69 Å². The lowest BCUT2D eigenvalue weighted by Crippen LogP contribution is -2.20. The van der Waals surface area contributed by atoms with E-state index in [1.54, 1.807) is 24.3 Å². The number of amides is 1. The van der Waals surface area contributed by atoms with Gasteiger partial charge in [0.2, 0.25) is 0 Å². The molecular formula is C21H27NO4. The Balaban J connectivity index is 1.82. The minimum absolute atomic E-state index is 0.0715. The summed E-state index contributed by atoms with van der Waals surface area (Å²) >= 11 is 0. The van der Waals surface area contributed by atoms with E-state index in [4.69, 9.17) is 14.2 Å². The Kier molecular flexibility index (Phi) is 7.33. The Labute approximate surface area is 155 Å². The average molecular weight is 357 g/mol. The molecule has 0 bridgehead atoms. The van der Waals surface area contributed by atoms with Gasteiger partial charge >= 0.3 is 0 Å². The number of hydrogen-bond donors (Lipinski definition) is 1. The molecule has 140 valence electrons. The van der Waals surface area contributed by atoms with Crippen LogP contribution in [0.25, 0.3) is 0 Å². The maximum Gasteiger partial charge on any atom is 0.262 e. The first-order valence-corrected chi connectivity index (χ1v) is 8.84. The molecule has 5 nitrogen and oxygen atoms in total. The number of carbonyl (C=O) groups excluding carboxylic acids is 1. The van der Waals surface area contributed by atoms with E-state index in [0.29, 0.717) is 24.0 Å². The molecule has 2 aromatic carbocycles. The van der Waals surface area contributed by atoms with Crippen molar-refractivity contribution in [2.45, 2.75) is 33.8 Å². The second kappa shape index (κ2) is 9.70. The number of nitrogens with one attached hydrogen (secondary N) is 1. The van der Waals surface area contributed by atoms with Gasteiger partial charge in [-0.3, -0.25) is 4.79 Å². The van der Waals surface area contributed by atoms with Crippen LogP contribution in [0.15, 0.2) is 48.5 Å². The number of hydrogen-bond acceptors (Lipinski definition) is 4. The highest BCUT2D eigenvalue weighted by atomic mass is 16.5. The molecule has 1 amide bonds. The zero-order valence-corrected chi connectivity index (χ0v) is 15.8. The first-order chi connectivity index (χ1) is 12.4. The molecule has 0 aromatic heterocycles. The van der Waals surface area contributed by atoms with Crippen molar-refractivity contribution in [1.82, 2.24) is 0 Å². The highest BCUT2D eigenvalue weighted by molar-refractivity contribution is 5.91. The number of carbonyl (C=O) groups is 1. The molecule has 0 aliphatic carbocycles. The van der Waals surface area contributed by atoms with Crippen molar-refractivity contribution in [3.63, 3.8) is 0 Å². The summed E-state index contributed by atoms with van der Waals surface area (Å²) in [6.07, 6.45) is 0.115. The van der Waals surface area contributed by atoms with Gasteiger partial charge in [0.15, 0.2) is 6.61 Å². The van der Waals surface area contributed by atoms with Crippen LogP contribution < -0.4 is 19.5 Å². The number of benzene rings is 2. The van der Waals surface area contributed by atoms with Crippen LogP contribution in [0.3, 0.4) is 0 Å². The predicted molar refractivity (Wildman–Crippen MR) is 103 cm³/mol. The van der Waals surface area contributed by atoms with Crippen molar-refractivity contribution in [2.24, 2.45) is 5.92 Å². The maximum atomic E-state index is 12.0. The minimum atomic E-state index is -0.226. The van der Waals surface area contributed by atoms with Crippen LogP contribution in [0, 0.1) is 5.92 Å². The Bertz CT molecular complexity index is 695. The lowest BCUT2D eigenvalue weighted by molar-refractivity contribution is -0.118. The summed E-state index contributed by atoms with van der Waals surface area (Å²) < 4.78 is 16.8. The molecular weight excluding hydrogens is 330 g/mol. The fraction of sp³-hybridized carbons (Fsp3) is 0.381. The Morgan fingerprint density at radius 3 is 2.19 bits per heavy atom. The van der Waals surface area contributed by atoms with Crippen LogP contribution in [-0.2, 0) is 4.79 Å². The zero-order valence-electron chi connectivity index (χ0n) is 15.8. The van der Waals surface area contributed by atoms with E-state index >= 15 is 0 Å². The van der Waals surface area contributed by atoms with Crippen LogP contribution in [-0.4, -0.2) is 25.2 Å². The lowest BCUT2D eigenvalue weighted by atomic mass is 10.2. The molecule has 0 heterocycles. The molecule has 0 radical (unpaired) electrons. The Hall–Kier alpha value is -2.69. The lowest BCUT2D eigenvalue weighted by Gasteiger charge is -2.12. The van der Waals surface area contributed by atoms with E-state index in [-0.39, 0.29) is 18.6 Å². The van der Waals surface area contributed by atoms with E-state index in [1.807, 2.05) is 38.1 Å². The standard InChI is InChI=1S/C21H27NO4/c1-15(2)13-24-19-6-5-7-20(12-19)25-14-21(23)22-17-8-10-18(11-9-17)26-16(3)4/h5-12,15-16H,13-14H2,1-4H3,(H,22,23). The molecule has 0 unspecified atom stereocenters. The molecule has 0 saturated heterocycles. The van der Waals surface area contributed by atoms with Gasteiger partial charge in [0.05, 0.1) is 12.7 Å². The molecule has 0 aliphatic rings. The van der Waals surface area contributed by atoms with Crippen LogP contribution >= 0.6 is 0 Å². The molecule has 0 fully saturated rings. The average Bonchev–Trinajstić information content (AvgIpc) is 2.60. The number of anilines is 1. The van der Waals surface area contributed by atoms with Gasteiger partial charge in [0.25, 0.3) is 5.91 Å². The van der Waals surface area contributed by atoms with Crippen molar-refractivity contribution in [3.05, 3.63) is 48.5 Å². The zero-order chi connectivity index (χ0) is 18.9. The van der Waals surface area contributed by atoms with Gasteiger partial charge in [0.1, 0.15) is 17.2 Å². The fourth-order valence-electron chi connectivity index (χ4n) is 2.15. The van der Waals surface area contributed by atoms with Crippen molar-refractivity contribution in [1.29, 1.82) is 0 Å². The normalized spacial score (nSPS) is 10.7. The van der Waals surface area contributed by atoms with Crippen LogP contribution in [0.2, 0.25) is 0 Å². The van der Waals surface area contributed by atoms with Crippen molar-refractivity contribution < 1.29 is 19.0 Å². The van der Waals surface area contributed by atoms with Gasteiger partial charge < -0.3 is 19.5 Å². The molecule has 0 aliphatic heterocycles. The van der Waals surface area contributed by atoms with Crippen molar-refractivity contribution in [2.75, 3.05) is 18.5 Å². The molecule has 0 atom stereocenters. The number of rotatable bonds is 9. The number of ether oxygens (including phenoxy) is 3. The fourth-order valence-corrected chi connectivity index (χ4v) is 2.15. The van der Waals surface area contributed by atoms with Gasteiger partial charge in [0, 0.05) is 11.8 Å². The largest absolute Gasteiger partial charge is 0.493 e. The molecule has 2 rings (SSSR count). The second-order valence-corrected chi connectivity index (χ2v) is 6.71. The summed E-state index contributed by atoms with van der Waals surface area (Å²) in [6.45, 7) is 8.68. The molecule has 1 N–H and O–H groups in total. The van der Waals surface area contributed by atoms with Gasteiger partial charge in [-0.1, -0.05) is 19.9 Å². The van der Waals surface area contributed by atoms with Gasteiger partial charge in [-0.15, -0.1) is 0 Å². The third-order valence-electron chi connectivity index (χ3n) is 3.27. The highest BCUT2D eigenvalue weighted by Gasteiger charge is 2.06. The second-order valence-electron chi connectivity index (χ2n) is 6.71. The molecule has 5 heteroatoms. The minimum Gasteiger partial charge on any atom is -0.493 e. The Morgan fingerprint density at radius 2 is 1.58 bits per heavy atom. The van der Waals surface area contributed by atoms with Crippen molar-refractivity contribution >= 4 is 11.6 Å². The van der Waals surface area contributed by atoms with E-state index in [2.05, 4.69) is 19.2 Å². The monoisotopic (exact) mass is 357 g/mol. The molecule has 2 aromatic rings. The summed E-state index contributed by atoms with van der Waals surface area (Å²) in [5.74, 6) is 2.32. The SMILES string of the molecule is CC(C)COc1cccc(OCC(=O)Nc2ccc(OC(C)C)cc2)c1. The van der Waals surface area contributed by atoms with Crippen molar-refractivity contribution in [3.8, 4) is 17.2 Å². The van der Waals surface area contributed by atoms with Gasteiger partial charge in [-0.2, -0.15) is 0 Å². The summed E-state index contributed by atoms with van der Waals surface area (Å²) in [5, 5.41) is 2.80. The van der Waals surface area contributed by atoms with Crippen LogP contribution in [0.1, 0.15) is 27.7 Å². The Morgan fingerprint density at radius 1 is 0.923 bits per heavy atom. The quantitative estimate of drug-likeness (QED) is 0.716. The van der Waals surface area contributed by atoms with E-state index in [0.717, 1.165) is 11.5 Å². The van der Waals surface area contributed by atoms with E-state index < -0.39 is 0 Å². The third-order valence-corrected chi connectivity index (χ3v) is 3.27. The first-order valence-electron chi connectivity index (χ1n) is 8.84. The highest BCUT2D eigenvalue weighted by Crippen LogP contribution is 2.20. The smallest absolute Gasteiger partial charge is 0.262 e. The van der Waals surface area contributed by atoms with Gasteiger partial charge in [-0.05, 0) is 56.2 Å². The molecule has 0 spiro atoms. The predicted octanol–water partition coefficient (Wildman–Crippen LogP) is 4.53. The maximum absolute atomic E-state index is 12.0.